The summed E-state index contributed by atoms with van der Waals surface area (Å²) < 4.78 is 41.9. The van der Waals surface area contributed by atoms with Gasteiger partial charge >= 0.3 is 0 Å². The summed E-state index contributed by atoms with van der Waals surface area (Å²) in [7, 11) is 0. The minimum Gasteiger partial charge on any atom is -0.380 e. The molecule has 0 aromatic rings. The van der Waals surface area contributed by atoms with E-state index >= 15 is 0 Å². The second kappa shape index (κ2) is 51.1. The summed E-state index contributed by atoms with van der Waals surface area (Å²) in [6, 6.07) is -0.294. The third kappa shape index (κ3) is 54.0. The maximum atomic E-state index is 11.5. The summed E-state index contributed by atoms with van der Waals surface area (Å²) in [5.74, 6) is -0.158. The van der Waals surface area contributed by atoms with Gasteiger partial charge in [0.15, 0.2) is 0 Å². The van der Waals surface area contributed by atoms with Gasteiger partial charge in [-0.25, -0.2) is 0 Å². The number of rotatable bonds is 32. The molecule has 0 radical (unpaired) electrons. The van der Waals surface area contributed by atoms with Crippen molar-refractivity contribution in [3.8, 4) is 0 Å². The molecule has 0 bridgehead atoms. The zero-order chi connectivity index (χ0) is 36.1. The Bertz CT molecular complexity index is 591. The molecule has 0 unspecified atom stereocenters. The maximum absolute atomic E-state index is 11.5. The Labute approximate surface area is 290 Å². The third-order valence-corrected chi connectivity index (χ3v) is 5.00. The van der Waals surface area contributed by atoms with Crippen LogP contribution in [0.2, 0.25) is 0 Å². The van der Waals surface area contributed by atoms with Gasteiger partial charge in [-0.2, -0.15) is 0 Å². The van der Waals surface area contributed by atoms with Crippen LogP contribution in [-0.4, -0.2) is 143 Å². The fraction of sp³-hybridized carbons (Fsp3) is 0.909. The van der Waals surface area contributed by atoms with Crippen molar-refractivity contribution in [2.75, 3.05) is 119 Å². The number of ether oxygens (including phenoxy) is 8. The van der Waals surface area contributed by atoms with Crippen LogP contribution >= 0.6 is 0 Å². The van der Waals surface area contributed by atoms with Crippen molar-refractivity contribution in [3.63, 3.8) is 0 Å². The molecule has 2 amide bonds. The van der Waals surface area contributed by atoms with Crippen LogP contribution in [0.15, 0.2) is 0 Å². The Morgan fingerprint density at radius 1 is 0.574 bits per heavy atom. The molecule has 290 valence electrons. The monoisotopic (exact) mass is 692 g/mol. The summed E-state index contributed by atoms with van der Waals surface area (Å²) in [4.78, 5) is 32.9. The van der Waals surface area contributed by atoms with Crippen LogP contribution in [0.1, 0.15) is 78.4 Å². The van der Waals surface area contributed by atoms with Crippen LogP contribution in [0, 0.1) is 0 Å². The lowest BCUT2D eigenvalue weighted by molar-refractivity contribution is -0.123. The highest BCUT2D eigenvalue weighted by atomic mass is 16.6. The van der Waals surface area contributed by atoms with E-state index in [9.17, 15) is 14.4 Å². The van der Waals surface area contributed by atoms with Gasteiger partial charge in [-0.15, -0.1) is 0 Å². The Kier molecular flexibility index (Phi) is 56.6. The third-order valence-electron chi connectivity index (χ3n) is 5.00. The molecule has 0 atom stereocenters. The molecule has 4 N–H and O–H groups in total. The lowest BCUT2D eigenvalue weighted by Crippen LogP contribution is -2.33. The van der Waals surface area contributed by atoms with Gasteiger partial charge < -0.3 is 59.1 Å². The molecule has 47 heavy (non-hydrogen) atoms. The van der Waals surface area contributed by atoms with Crippen molar-refractivity contribution in [3.05, 3.63) is 0 Å². The highest BCUT2D eigenvalue weighted by molar-refractivity contribution is 5.76. The van der Waals surface area contributed by atoms with Crippen molar-refractivity contribution in [2.24, 2.45) is 5.73 Å². The molecule has 0 aromatic heterocycles. The quantitative estimate of drug-likeness (QED) is 0.0695. The SMILES string of the molecule is CC.CC.CCCOCCOCCOCCOCCC=O.CCOCCNC(=O)CCOCC(N)COCCC(=O)NCCOCC.[HH].[HH].[HH]. The minimum atomic E-state index is -0.294. The molecular formula is C33H77N3O11. The fourth-order valence-corrected chi connectivity index (χ4v) is 2.88. The van der Waals surface area contributed by atoms with E-state index in [4.69, 9.17) is 43.6 Å². The second-order valence-electron chi connectivity index (χ2n) is 8.91. The zero-order valence-electron chi connectivity index (χ0n) is 30.8. The molecule has 0 rings (SSSR count). The number of aldehydes is 1. The normalized spacial score (nSPS) is 10.1. The lowest BCUT2D eigenvalue weighted by Gasteiger charge is -2.13. The van der Waals surface area contributed by atoms with Gasteiger partial charge in [0.1, 0.15) is 6.29 Å². The molecule has 0 saturated heterocycles. The van der Waals surface area contributed by atoms with Crippen LogP contribution in [0.4, 0.5) is 0 Å². The van der Waals surface area contributed by atoms with Crippen molar-refractivity contribution < 1.29 is 56.6 Å². The smallest absolute Gasteiger partial charge is 0.222 e. The average Bonchev–Trinajstić information content (AvgIpc) is 3.09. The second-order valence-corrected chi connectivity index (χ2v) is 8.91. The molecule has 14 nitrogen and oxygen atoms in total. The molecule has 0 spiro atoms. The van der Waals surface area contributed by atoms with Gasteiger partial charge in [-0.1, -0.05) is 34.6 Å². The summed E-state index contributed by atoms with van der Waals surface area (Å²) in [5, 5.41) is 5.47. The molecule has 0 fully saturated rings. The first-order chi connectivity index (χ1) is 23.0. The minimum absolute atomic E-state index is 0. The predicted octanol–water partition coefficient (Wildman–Crippen LogP) is 3.27. The lowest BCUT2D eigenvalue weighted by atomic mass is 10.3. The van der Waals surface area contributed by atoms with Gasteiger partial charge in [0.2, 0.25) is 11.8 Å². The van der Waals surface area contributed by atoms with Crippen molar-refractivity contribution in [1.82, 2.24) is 10.6 Å². The topological polar surface area (TPSA) is 175 Å². The molecule has 0 aliphatic carbocycles. The van der Waals surface area contributed by atoms with Gasteiger partial charge in [0.25, 0.3) is 0 Å². The predicted molar refractivity (Wildman–Crippen MR) is 191 cm³/mol. The molecule has 14 heteroatoms. The molecule has 0 aromatic carbocycles. The van der Waals surface area contributed by atoms with E-state index in [1.54, 1.807) is 0 Å². The van der Waals surface area contributed by atoms with E-state index in [-0.39, 0.29) is 35.0 Å². The highest BCUT2D eigenvalue weighted by Crippen LogP contribution is 1.91. The Morgan fingerprint density at radius 3 is 1.32 bits per heavy atom. The zero-order valence-corrected chi connectivity index (χ0v) is 30.8. The molecule has 0 aliphatic heterocycles. The van der Waals surface area contributed by atoms with Crippen LogP contribution in [0.5, 0.6) is 0 Å². The first-order valence-electron chi connectivity index (χ1n) is 17.4. The van der Waals surface area contributed by atoms with Gasteiger partial charge in [0.05, 0.1) is 91.9 Å². The largest absolute Gasteiger partial charge is 0.380 e. The average molecular weight is 692 g/mol. The van der Waals surface area contributed by atoms with Gasteiger partial charge in [-0.3, -0.25) is 9.59 Å². The van der Waals surface area contributed by atoms with Gasteiger partial charge in [0, 0.05) is 56.5 Å². The fourth-order valence-electron chi connectivity index (χ4n) is 2.88. The van der Waals surface area contributed by atoms with E-state index in [0.29, 0.717) is 119 Å². The van der Waals surface area contributed by atoms with E-state index in [1.807, 2.05) is 41.5 Å². The van der Waals surface area contributed by atoms with Crippen molar-refractivity contribution in [1.29, 1.82) is 0 Å². The van der Waals surface area contributed by atoms with Gasteiger partial charge in [-0.05, 0) is 20.3 Å². The Morgan fingerprint density at radius 2 is 0.957 bits per heavy atom. The number of nitrogens with one attached hydrogen (secondary N) is 2. The summed E-state index contributed by atoms with van der Waals surface area (Å²) in [5.41, 5.74) is 5.85. The number of nitrogens with two attached hydrogens (primary N) is 1. The van der Waals surface area contributed by atoms with E-state index in [0.717, 1.165) is 19.3 Å². The summed E-state index contributed by atoms with van der Waals surface area (Å²) in [6.07, 6.45) is 2.88. The maximum Gasteiger partial charge on any atom is 0.222 e. The van der Waals surface area contributed by atoms with Crippen molar-refractivity contribution in [2.45, 2.75) is 80.2 Å². The van der Waals surface area contributed by atoms with Crippen LogP contribution in [0.25, 0.3) is 0 Å². The summed E-state index contributed by atoms with van der Waals surface area (Å²) in [6.45, 7) is 23.1. The van der Waals surface area contributed by atoms with Crippen LogP contribution in [-0.2, 0) is 52.3 Å². The molecule has 0 heterocycles. The summed E-state index contributed by atoms with van der Waals surface area (Å²) >= 11 is 0. The number of amides is 2. The molecule has 0 saturated carbocycles. The first-order valence-corrected chi connectivity index (χ1v) is 17.4. The van der Waals surface area contributed by atoms with E-state index < -0.39 is 0 Å². The Hall–Kier alpha value is -1.75. The number of carbonyl (C=O) groups is 3. The first kappa shape index (κ1) is 52.1. The van der Waals surface area contributed by atoms with E-state index in [2.05, 4.69) is 17.6 Å². The standard InChI is InChI=1S/C17H35N3O6.C12H24O5.2C2H6.3H2/c1-3-23-11-7-19-16(21)5-9-25-13-15(18)14-26-10-6-17(22)20-8-12-24-4-2;1-2-5-14-7-9-16-11-12-17-10-8-15-6-3-4-13;2*1-2;;;/h15H,3-14,18H2,1-2H3,(H,19,21)(H,20,22);4H,2-3,5-12H2,1H3;2*1-2H3;3*1H. The Balaban J connectivity index is -0.000000135. The molecular weight excluding hydrogens is 614 g/mol. The van der Waals surface area contributed by atoms with Crippen molar-refractivity contribution >= 4 is 18.1 Å². The van der Waals surface area contributed by atoms with E-state index in [1.165, 1.54) is 0 Å². The number of hydrogen-bond donors (Lipinski definition) is 3. The van der Waals surface area contributed by atoms with Crippen LogP contribution < -0.4 is 16.4 Å². The molecule has 0 aliphatic rings. The highest BCUT2D eigenvalue weighted by Gasteiger charge is 2.06. The van der Waals surface area contributed by atoms with Crippen LogP contribution in [0.3, 0.4) is 0 Å². The number of carbonyl (C=O) groups excluding carboxylic acids is 3. The number of hydrogen-bond acceptors (Lipinski definition) is 12.